The maximum Gasteiger partial charge on any atom is 0.159 e. The fourth-order valence-corrected chi connectivity index (χ4v) is 4.92. The molecule has 0 aromatic heterocycles. The minimum absolute atomic E-state index is 0.0236. The van der Waals surface area contributed by atoms with Crippen LogP contribution in [0.4, 0.5) is 0 Å². The van der Waals surface area contributed by atoms with Crippen molar-refractivity contribution in [2.45, 2.75) is 44.4 Å². The first-order valence-electron chi connectivity index (χ1n) is 9.23. The molecule has 2 heteroatoms. The molecule has 0 saturated heterocycles. The average Bonchev–Trinajstić information content (AvgIpc) is 2.63. The molecular formula is C23H24O2. The number of rotatable bonds is 2. The van der Waals surface area contributed by atoms with Crippen LogP contribution in [-0.2, 0) is 16.6 Å². The van der Waals surface area contributed by atoms with E-state index in [-0.39, 0.29) is 5.41 Å². The van der Waals surface area contributed by atoms with Crippen molar-refractivity contribution in [1.29, 1.82) is 0 Å². The van der Waals surface area contributed by atoms with Gasteiger partial charge in [-0.3, -0.25) is 4.79 Å². The van der Waals surface area contributed by atoms with Crippen molar-refractivity contribution in [1.82, 2.24) is 0 Å². The van der Waals surface area contributed by atoms with Crippen LogP contribution < -0.4 is 0 Å². The van der Waals surface area contributed by atoms with Crippen LogP contribution >= 0.6 is 0 Å². The summed E-state index contributed by atoms with van der Waals surface area (Å²) < 4.78 is 0. The number of aryl methyl sites for hydroxylation is 1. The summed E-state index contributed by atoms with van der Waals surface area (Å²) in [5.41, 5.74) is 4.67. The standard InChI is InChI=1S/C23H24O2/c1-2-23-15-18(12-16-6-4-3-5-7-16)22(25)14-19(23)9-8-17-13-20(24)10-11-21(17)23/h3-7,10-13,19,24H,2,8-9,14-15H2,1H3/b18-12-. The Bertz CT molecular complexity index is 834. The second-order valence-corrected chi connectivity index (χ2v) is 7.47. The normalized spacial score (nSPS) is 27.0. The lowest BCUT2D eigenvalue weighted by Gasteiger charge is -2.48. The van der Waals surface area contributed by atoms with Crippen LogP contribution in [0.2, 0.25) is 0 Å². The van der Waals surface area contributed by atoms with Gasteiger partial charge in [0.1, 0.15) is 5.75 Å². The first-order chi connectivity index (χ1) is 12.1. The molecule has 2 atom stereocenters. The van der Waals surface area contributed by atoms with E-state index in [1.165, 1.54) is 11.1 Å². The molecule has 2 aliphatic carbocycles. The Morgan fingerprint density at radius 3 is 2.76 bits per heavy atom. The van der Waals surface area contributed by atoms with Gasteiger partial charge < -0.3 is 5.11 Å². The van der Waals surface area contributed by atoms with E-state index in [9.17, 15) is 9.90 Å². The van der Waals surface area contributed by atoms with Crippen LogP contribution in [0, 0.1) is 5.92 Å². The van der Waals surface area contributed by atoms with Crippen molar-refractivity contribution < 1.29 is 9.90 Å². The highest BCUT2D eigenvalue weighted by Gasteiger charge is 2.47. The van der Waals surface area contributed by atoms with Crippen molar-refractivity contribution in [3.63, 3.8) is 0 Å². The molecule has 0 heterocycles. The smallest absolute Gasteiger partial charge is 0.159 e. The third-order valence-electron chi connectivity index (χ3n) is 6.24. The molecule has 0 radical (unpaired) electrons. The van der Waals surface area contributed by atoms with Crippen LogP contribution in [0.3, 0.4) is 0 Å². The van der Waals surface area contributed by atoms with Crippen LogP contribution in [0.1, 0.15) is 49.3 Å². The summed E-state index contributed by atoms with van der Waals surface area (Å²) in [6.45, 7) is 2.24. The molecule has 2 aromatic carbocycles. The highest BCUT2D eigenvalue weighted by Crippen LogP contribution is 2.53. The second kappa shape index (κ2) is 6.18. The van der Waals surface area contributed by atoms with Crippen LogP contribution in [0.5, 0.6) is 5.75 Å². The summed E-state index contributed by atoms with van der Waals surface area (Å²) in [5.74, 6) is 1.06. The van der Waals surface area contributed by atoms with E-state index in [0.29, 0.717) is 23.9 Å². The summed E-state index contributed by atoms with van der Waals surface area (Å²) in [7, 11) is 0. The summed E-state index contributed by atoms with van der Waals surface area (Å²) in [5, 5.41) is 9.86. The van der Waals surface area contributed by atoms with Crippen molar-refractivity contribution in [3.8, 4) is 5.75 Å². The number of ketones is 1. The molecule has 4 rings (SSSR count). The number of hydrogen-bond acceptors (Lipinski definition) is 2. The van der Waals surface area contributed by atoms with Crippen LogP contribution in [-0.4, -0.2) is 10.9 Å². The third-order valence-corrected chi connectivity index (χ3v) is 6.24. The monoisotopic (exact) mass is 332 g/mol. The van der Waals surface area contributed by atoms with Crippen molar-refractivity contribution in [3.05, 3.63) is 70.8 Å². The van der Waals surface area contributed by atoms with Crippen molar-refractivity contribution >= 4 is 11.9 Å². The molecule has 0 bridgehead atoms. The molecule has 0 amide bonds. The van der Waals surface area contributed by atoms with E-state index in [1.54, 1.807) is 6.07 Å². The lowest BCUT2D eigenvalue weighted by atomic mass is 9.55. The van der Waals surface area contributed by atoms with Crippen molar-refractivity contribution in [2.75, 3.05) is 0 Å². The summed E-state index contributed by atoms with van der Waals surface area (Å²) >= 11 is 0. The summed E-state index contributed by atoms with van der Waals surface area (Å²) in [6.07, 6.45) is 6.54. The number of carbonyl (C=O) groups excluding carboxylic acids is 1. The number of hydrogen-bond donors (Lipinski definition) is 1. The number of benzene rings is 2. The van der Waals surface area contributed by atoms with Crippen LogP contribution in [0.25, 0.3) is 6.08 Å². The summed E-state index contributed by atoms with van der Waals surface area (Å²) in [6, 6.07) is 15.9. The zero-order valence-electron chi connectivity index (χ0n) is 14.7. The number of phenolic OH excluding ortho intramolecular Hbond substituents is 1. The van der Waals surface area contributed by atoms with Gasteiger partial charge in [0.2, 0.25) is 0 Å². The molecule has 2 unspecified atom stereocenters. The second-order valence-electron chi connectivity index (χ2n) is 7.47. The fraction of sp³-hybridized carbons (Fsp3) is 0.348. The SMILES string of the molecule is CCC12C/C(=C/c3ccccc3)C(=O)CC1CCc1cc(O)ccc12. The first-order valence-corrected chi connectivity index (χ1v) is 9.23. The van der Waals surface area contributed by atoms with Gasteiger partial charge in [0.15, 0.2) is 5.78 Å². The molecule has 25 heavy (non-hydrogen) atoms. The largest absolute Gasteiger partial charge is 0.508 e. The molecule has 2 nitrogen and oxygen atoms in total. The third kappa shape index (κ3) is 2.70. The van der Waals surface area contributed by atoms with Gasteiger partial charge in [-0.2, -0.15) is 0 Å². The van der Waals surface area contributed by atoms with Gasteiger partial charge in [-0.05, 0) is 72.1 Å². The van der Waals surface area contributed by atoms with E-state index in [4.69, 9.17) is 0 Å². The molecule has 1 saturated carbocycles. The maximum absolute atomic E-state index is 12.8. The number of fused-ring (bicyclic) bond motifs is 3. The molecule has 128 valence electrons. The van der Waals surface area contributed by atoms with Gasteiger partial charge in [-0.25, -0.2) is 0 Å². The Hall–Kier alpha value is -2.35. The minimum Gasteiger partial charge on any atom is -0.508 e. The van der Waals surface area contributed by atoms with E-state index >= 15 is 0 Å². The predicted octanol–water partition coefficient (Wildman–Crippen LogP) is 5.05. The average molecular weight is 332 g/mol. The first kappa shape index (κ1) is 16.1. The fourth-order valence-electron chi connectivity index (χ4n) is 4.92. The Balaban J connectivity index is 1.79. The highest BCUT2D eigenvalue weighted by molar-refractivity contribution is 6.01. The van der Waals surface area contributed by atoms with Gasteiger partial charge >= 0.3 is 0 Å². The summed E-state index contributed by atoms with van der Waals surface area (Å²) in [4.78, 5) is 12.8. The van der Waals surface area contributed by atoms with E-state index < -0.39 is 0 Å². The van der Waals surface area contributed by atoms with Crippen LogP contribution in [0.15, 0.2) is 54.1 Å². The van der Waals surface area contributed by atoms with Gasteiger partial charge in [-0.1, -0.05) is 43.3 Å². The Morgan fingerprint density at radius 1 is 1.20 bits per heavy atom. The molecule has 1 fully saturated rings. The van der Waals surface area contributed by atoms with E-state index in [2.05, 4.69) is 31.2 Å². The highest BCUT2D eigenvalue weighted by atomic mass is 16.3. The van der Waals surface area contributed by atoms with E-state index in [1.807, 2.05) is 24.3 Å². The zero-order chi connectivity index (χ0) is 17.4. The minimum atomic E-state index is 0.0236. The number of allylic oxidation sites excluding steroid dienone is 1. The molecule has 2 aromatic rings. The topological polar surface area (TPSA) is 37.3 Å². The number of Topliss-reactive ketones (excluding diaryl/α,β-unsaturated/α-hetero) is 1. The number of phenols is 1. The number of aromatic hydroxyl groups is 1. The van der Waals surface area contributed by atoms with Gasteiger partial charge in [0.05, 0.1) is 0 Å². The van der Waals surface area contributed by atoms with E-state index in [0.717, 1.165) is 36.8 Å². The van der Waals surface area contributed by atoms with Gasteiger partial charge in [0, 0.05) is 11.8 Å². The lowest BCUT2D eigenvalue weighted by molar-refractivity contribution is -0.119. The van der Waals surface area contributed by atoms with Gasteiger partial charge in [-0.15, -0.1) is 0 Å². The zero-order valence-corrected chi connectivity index (χ0v) is 14.7. The van der Waals surface area contributed by atoms with Crippen molar-refractivity contribution in [2.24, 2.45) is 5.92 Å². The maximum atomic E-state index is 12.8. The Morgan fingerprint density at radius 2 is 2.00 bits per heavy atom. The van der Waals surface area contributed by atoms with Gasteiger partial charge in [0.25, 0.3) is 0 Å². The molecule has 0 aliphatic heterocycles. The lowest BCUT2D eigenvalue weighted by Crippen LogP contribution is -2.44. The molecule has 0 spiro atoms. The number of carbonyl (C=O) groups is 1. The predicted molar refractivity (Wildman–Crippen MR) is 101 cm³/mol. The Kier molecular flexibility index (Phi) is 3.99. The molecule has 2 aliphatic rings. The molecule has 1 N–H and O–H groups in total. The Labute approximate surface area is 149 Å². The quantitative estimate of drug-likeness (QED) is 0.782. The molecular weight excluding hydrogens is 308 g/mol.